The Kier molecular flexibility index (Phi) is 3.50. The molecule has 102 valence electrons. The summed E-state index contributed by atoms with van der Waals surface area (Å²) in [5.74, 6) is -0.0296. The lowest BCUT2D eigenvalue weighted by Gasteiger charge is -2.00. The van der Waals surface area contributed by atoms with Gasteiger partial charge in [0.2, 0.25) is 5.88 Å². The maximum atomic E-state index is 12.0. The summed E-state index contributed by atoms with van der Waals surface area (Å²) < 4.78 is 5.10. The zero-order valence-electron chi connectivity index (χ0n) is 10.7. The summed E-state index contributed by atoms with van der Waals surface area (Å²) in [6, 6.07) is 12.0. The van der Waals surface area contributed by atoms with E-state index in [1.165, 1.54) is 0 Å². The molecule has 3 rings (SSSR count). The number of hydrogen-bond donors (Lipinski definition) is 1. The molecule has 1 N–H and O–H groups in total. The van der Waals surface area contributed by atoms with Gasteiger partial charge in [0.05, 0.1) is 11.6 Å². The third-order valence-electron chi connectivity index (χ3n) is 2.84. The number of carbonyl (C=O) groups excluding carboxylic acids is 1. The lowest BCUT2D eigenvalue weighted by molar-refractivity contribution is 0.102. The molecule has 0 radical (unpaired) electrons. The van der Waals surface area contributed by atoms with E-state index in [-0.39, 0.29) is 11.8 Å². The van der Waals surface area contributed by atoms with Crippen LogP contribution in [0.25, 0.3) is 11.3 Å². The Labute approximate surface area is 124 Å². The summed E-state index contributed by atoms with van der Waals surface area (Å²) in [6.45, 7) is 0. The van der Waals surface area contributed by atoms with E-state index in [0.717, 1.165) is 5.56 Å². The van der Waals surface area contributed by atoms with Gasteiger partial charge in [-0.3, -0.25) is 10.1 Å². The summed E-state index contributed by atoms with van der Waals surface area (Å²) >= 11 is 1.56. The number of carbonyl (C=O) groups is 1. The minimum absolute atomic E-state index is 0.283. The van der Waals surface area contributed by atoms with Gasteiger partial charge in [-0.15, -0.1) is 0 Å². The van der Waals surface area contributed by atoms with Crippen molar-refractivity contribution in [2.45, 2.75) is 0 Å². The average molecular weight is 295 g/mol. The van der Waals surface area contributed by atoms with E-state index >= 15 is 0 Å². The molecule has 0 unspecified atom stereocenters. The fourth-order valence-corrected chi connectivity index (χ4v) is 2.41. The Morgan fingerprint density at radius 3 is 2.76 bits per heavy atom. The van der Waals surface area contributed by atoms with Crippen LogP contribution in [-0.4, -0.2) is 11.1 Å². The van der Waals surface area contributed by atoms with E-state index in [1.807, 2.05) is 22.9 Å². The highest BCUT2D eigenvalue weighted by molar-refractivity contribution is 7.08. The zero-order chi connectivity index (χ0) is 14.7. The van der Waals surface area contributed by atoms with Crippen LogP contribution < -0.4 is 5.32 Å². The van der Waals surface area contributed by atoms with Crippen LogP contribution in [0.4, 0.5) is 5.88 Å². The summed E-state index contributed by atoms with van der Waals surface area (Å²) in [4.78, 5) is 12.0. The number of amides is 1. The number of rotatable bonds is 3. The number of nitrogens with one attached hydrogen (secondary N) is 1. The molecule has 2 heterocycles. The van der Waals surface area contributed by atoms with E-state index < -0.39 is 0 Å². The van der Waals surface area contributed by atoms with Crippen molar-refractivity contribution in [3.8, 4) is 17.3 Å². The van der Waals surface area contributed by atoms with Gasteiger partial charge in [0.15, 0.2) is 0 Å². The van der Waals surface area contributed by atoms with Crippen molar-refractivity contribution < 1.29 is 9.32 Å². The first-order valence-electron chi connectivity index (χ1n) is 6.07. The lowest BCUT2D eigenvalue weighted by atomic mass is 10.1. The van der Waals surface area contributed by atoms with Crippen molar-refractivity contribution in [3.05, 3.63) is 58.3 Å². The summed E-state index contributed by atoms with van der Waals surface area (Å²) in [5.41, 5.74) is 2.57. The molecule has 0 saturated heterocycles. The predicted molar refractivity (Wildman–Crippen MR) is 78.9 cm³/mol. The van der Waals surface area contributed by atoms with Crippen LogP contribution in [0.1, 0.15) is 15.9 Å². The lowest BCUT2D eigenvalue weighted by Crippen LogP contribution is -2.11. The third-order valence-corrected chi connectivity index (χ3v) is 3.52. The summed E-state index contributed by atoms with van der Waals surface area (Å²) in [5, 5.41) is 19.2. The van der Waals surface area contributed by atoms with E-state index in [4.69, 9.17) is 9.78 Å². The number of nitrogens with zero attached hydrogens (tertiary/aromatic N) is 2. The largest absolute Gasteiger partial charge is 0.338 e. The highest BCUT2D eigenvalue weighted by atomic mass is 32.1. The number of anilines is 1. The second-order valence-electron chi connectivity index (χ2n) is 4.23. The van der Waals surface area contributed by atoms with Gasteiger partial charge < -0.3 is 4.52 Å². The molecule has 0 bridgehead atoms. The Morgan fingerprint density at radius 2 is 2.10 bits per heavy atom. The average Bonchev–Trinajstić information content (AvgIpc) is 3.18. The number of thiophene rings is 1. The summed E-state index contributed by atoms with van der Waals surface area (Å²) in [6.07, 6.45) is 0. The van der Waals surface area contributed by atoms with Gasteiger partial charge in [-0.1, -0.05) is 5.16 Å². The van der Waals surface area contributed by atoms with E-state index in [0.29, 0.717) is 16.8 Å². The van der Waals surface area contributed by atoms with Gasteiger partial charge in [-0.25, -0.2) is 0 Å². The molecule has 0 aliphatic heterocycles. The Morgan fingerprint density at radius 1 is 1.29 bits per heavy atom. The van der Waals surface area contributed by atoms with E-state index in [2.05, 4.69) is 10.5 Å². The molecule has 5 nitrogen and oxygen atoms in total. The minimum atomic E-state index is -0.312. The molecule has 21 heavy (non-hydrogen) atoms. The van der Waals surface area contributed by atoms with E-state index in [9.17, 15) is 4.79 Å². The normalized spacial score (nSPS) is 10.0. The predicted octanol–water partition coefficient (Wildman–Crippen LogP) is 3.53. The molecule has 0 aliphatic rings. The molecule has 0 fully saturated rings. The second kappa shape index (κ2) is 5.61. The van der Waals surface area contributed by atoms with Gasteiger partial charge in [-0.05, 0) is 35.7 Å². The van der Waals surface area contributed by atoms with Crippen molar-refractivity contribution in [1.82, 2.24) is 5.16 Å². The molecule has 0 aliphatic carbocycles. The fourth-order valence-electron chi connectivity index (χ4n) is 1.76. The van der Waals surface area contributed by atoms with Gasteiger partial charge in [0.25, 0.3) is 5.91 Å². The molecule has 3 aromatic rings. The molecule has 0 saturated carbocycles. The quantitative estimate of drug-likeness (QED) is 0.801. The molecule has 1 amide bonds. The van der Waals surface area contributed by atoms with Crippen LogP contribution in [0.15, 0.2) is 51.7 Å². The van der Waals surface area contributed by atoms with Crippen LogP contribution in [0.2, 0.25) is 0 Å². The third kappa shape index (κ3) is 2.83. The molecular formula is C15H9N3O2S. The highest BCUT2D eigenvalue weighted by Crippen LogP contribution is 2.24. The van der Waals surface area contributed by atoms with Gasteiger partial charge >= 0.3 is 0 Å². The van der Waals surface area contributed by atoms with Crippen molar-refractivity contribution in [2.75, 3.05) is 5.32 Å². The van der Waals surface area contributed by atoms with Crippen molar-refractivity contribution in [2.24, 2.45) is 0 Å². The molecule has 2 aromatic heterocycles. The molecule has 1 aromatic carbocycles. The van der Waals surface area contributed by atoms with Crippen LogP contribution in [0, 0.1) is 11.3 Å². The first-order valence-corrected chi connectivity index (χ1v) is 7.01. The topological polar surface area (TPSA) is 78.9 Å². The number of aromatic nitrogens is 1. The Hall–Kier alpha value is -2.91. The van der Waals surface area contributed by atoms with Crippen molar-refractivity contribution >= 4 is 23.1 Å². The summed E-state index contributed by atoms with van der Waals surface area (Å²) in [7, 11) is 0. The maximum Gasteiger partial charge on any atom is 0.258 e. The molecule has 6 heteroatoms. The van der Waals surface area contributed by atoms with Crippen LogP contribution >= 0.6 is 11.3 Å². The van der Waals surface area contributed by atoms with Crippen molar-refractivity contribution in [1.29, 1.82) is 5.26 Å². The first-order chi connectivity index (χ1) is 10.3. The minimum Gasteiger partial charge on any atom is -0.338 e. The number of benzene rings is 1. The van der Waals surface area contributed by atoms with Crippen LogP contribution in [0.3, 0.4) is 0 Å². The number of nitriles is 1. The SMILES string of the molecule is N#Cc1ccc(C(=O)Nc2cc(-c3ccsc3)no2)cc1. The van der Waals surface area contributed by atoms with Gasteiger partial charge in [0.1, 0.15) is 5.69 Å². The fraction of sp³-hybridized carbons (Fsp3) is 0. The first kappa shape index (κ1) is 13.1. The second-order valence-corrected chi connectivity index (χ2v) is 5.01. The Balaban J connectivity index is 1.74. The molecule has 0 atom stereocenters. The Bertz CT molecular complexity index is 798. The monoisotopic (exact) mass is 295 g/mol. The molecule has 0 spiro atoms. The molecular weight excluding hydrogens is 286 g/mol. The maximum absolute atomic E-state index is 12.0. The number of hydrogen-bond acceptors (Lipinski definition) is 5. The van der Waals surface area contributed by atoms with Crippen LogP contribution in [0.5, 0.6) is 0 Å². The smallest absolute Gasteiger partial charge is 0.258 e. The van der Waals surface area contributed by atoms with Gasteiger partial charge in [0, 0.05) is 22.6 Å². The van der Waals surface area contributed by atoms with Crippen molar-refractivity contribution in [3.63, 3.8) is 0 Å². The van der Waals surface area contributed by atoms with E-state index in [1.54, 1.807) is 41.7 Å². The highest BCUT2D eigenvalue weighted by Gasteiger charge is 2.11. The zero-order valence-corrected chi connectivity index (χ0v) is 11.6. The standard InChI is InChI=1S/C15H9N3O2S/c16-8-10-1-3-11(4-2-10)15(19)17-14-7-13(18-20-14)12-5-6-21-9-12/h1-7,9H,(H,17,19). The van der Waals surface area contributed by atoms with Gasteiger partial charge in [-0.2, -0.15) is 16.6 Å². The van der Waals surface area contributed by atoms with Crippen LogP contribution in [-0.2, 0) is 0 Å².